The molecule has 14 nitrogen and oxygen atoms in total. The van der Waals surface area contributed by atoms with Crippen molar-refractivity contribution in [1.29, 1.82) is 0 Å². The molecule has 0 saturated heterocycles. The van der Waals surface area contributed by atoms with Crippen molar-refractivity contribution < 1.29 is 56.5 Å². The molecule has 15 heteroatoms. The van der Waals surface area contributed by atoms with Gasteiger partial charge < -0.3 is 29.8 Å². The lowest BCUT2D eigenvalue weighted by Gasteiger charge is -2.39. The summed E-state index contributed by atoms with van der Waals surface area (Å²) in [6.45, 7) is 5.68. The van der Waals surface area contributed by atoms with E-state index in [4.69, 9.17) is 33.7 Å². The first-order valence-electron chi connectivity index (χ1n) is 16.6. The summed E-state index contributed by atoms with van der Waals surface area (Å²) in [6.07, 6.45) is 0.536. The number of nitrogens with two attached hydrogens (primary N) is 1. The molecule has 272 valence electrons. The molecule has 0 spiro atoms. The third-order valence-electron chi connectivity index (χ3n) is 7.69. The molecule has 1 unspecified atom stereocenters. The molecule has 0 heterocycles. The minimum atomic E-state index is -4.31. The number of hydrogen-bond donors (Lipinski definition) is 2. The van der Waals surface area contributed by atoms with Gasteiger partial charge in [-0.05, 0) is 31.4 Å². The van der Waals surface area contributed by atoms with Gasteiger partial charge in [-0.25, -0.2) is 23.4 Å². The van der Waals surface area contributed by atoms with Crippen molar-refractivity contribution in [3.63, 3.8) is 0 Å². The van der Waals surface area contributed by atoms with Crippen molar-refractivity contribution in [3.8, 4) is 0 Å². The number of ether oxygens (including phenoxy) is 4. The van der Waals surface area contributed by atoms with Crippen LogP contribution in [0, 0.1) is 0 Å². The van der Waals surface area contributed by atoms with Gasteiger partial charge in [0.25, 0.3) is 0 Å². The van der Waals surface area contributed by atoms with Crippen molar-refractivity contribution in [3.05, 3.63) is 71.8 Å². The summed E-state index contributed by atoms with van der Waals surface area (Å²) < 4.78 is 49.3. The summed E-state index contributed by atoms with van der Waals surface area (Å²) >= 11 is 0. The van der Waals surface area contributed by atoms with E-state index in [0.29, 0.717) is 25.7 Å². The Morgan fingerprint density at radius 2 is 1.16 bits per heavy atom. The number of nitrogens with zero attached hydrogens (tertiary/aromatic N) is 2. The lowest BCUT2D eigenvalue weighted by atomic mass is 10.1. The number of carbonyl (C=O) groups excluding carboxylic acids is 2. The predicted octanol–water partition coefficient (Wildman–Crippen LogP) is 6.12. The Balaban J connectivity index is 1.96. The summed E-state index contributed by atoms with van der Waals surface area (Å²) in [5.74, 6) is -1.26. The average Bonchev–Trinajstić information content (AvgIpc) is 3.09. The molecule has 0 aliphatic heterocycles. The number of likely N-dealkylation sites (N-methyl/N-ethyl adjacent to an activating group) is 1. The second-order valence-corrected chi connectivity index (χ2v) is 12.6. The average molecular weight is 709 g/mol. The highest BCUT2D eigenvalue weighted by molar-refractivity contribution is 7.52. The monoisotopic (exact) mass is 708 g/mol. The molecule has 0 amide bonds. The molecule has 0 aliphatic carbocycles. The maximum atomic E-state index is 13.9. The van der Waals surface area contributed by atoms with Gasteiger partial charge in [0.15, 0.2) is 6.04 Å². The largest absolute Gasteiger partial charge is 0.508 e. The van der Waals surface area contributed by atoms with Gasteiger partial charge >= 0.3 is 32.0 Å². The van der Waals surface area contributed by atoms with Crippen molar-refractivity contribution >= 4 is 32.0 Å². The van der Waals surface area contributed by atoms with Gasteiger partial charge in [-0.1, -0.05) is 67.6 Å². The van der Waals surface area contributed by atoms with Gasteiger partial charge in [0.1, 0.15) is 0 Å². The SMILES string of the molecule is CCCC(C(=O)O)[N+](CC)(CC)C(N)=NP(=O)(OCCCOC(=O)OCCc1ccccc1)OCCCOC(=O)OCCc1ccccc1. The fourth-order valence-electron chi connectivity index (χ4n) is 4.98. The van der Waals surface area contributed by atoms with Crippen molar-refractivity contribution in [1.82, 2.24) is 0 Å². The summed E-state index contributed by atoms with van der Waals surface area (Å²) in [5, 5.41) is 10.0. The Kier molecular flexibility index (Phi) is 19.0. The number of carbonyl (C=O) groups is 3. The van der Waals surface area contributed by atoms with E-state index in [0.717, 1.165) is 11.1 Å². The van der Waals surface area contributed by atoms with Crippen LogP contribution in [-0.2, 0) is 50.2 Å². The Labute approximate surface area is 288 Å². The van der Waals surface area contributed by atoms with E-state index in [1.165, 1.54) is 0 Å². The van der Waals surface area contributed by atoms with Crippen LogP contribution in [-0.4, -0.2) is 92.6 Å². The van der Waals surface area contributed by atoms with E-state index in [-0.39, 0.29) is 76.0 Å². The summed E-state index contributed by atoms with van der Waals surface area (Å²) in [7, 11) is -4.31. The Hall–Kier alpha value is -3.97. The van der Waals surface area contributed by atoms with Crippen LogP contribution in [0.3, 0.4) is 0 Å². The molecular formula is C34H51N3O11P+. The fraction of sp³-hybridized carbons (Fsp3) is 0.529. The standard InChI is InChI=1S/C34H50N3O11P/c1-4-15-30(31(38)39)37(5-2,6-3)32(35)36-49(42,47-24-13-22-43-33(40)45-26-20-28-16-9-7-10-17-28)48-25-14-23-44-34(41)46-27-21-29-18-11-8-12-19-29/h7-12,16-19,30H,4-6,13-15,20-27H2,1-3H3,(H2-,35,36,38,39,42)/p+1. The van der Waals surface area contributed by atoms with Crippen LogP contribution in [0.4, 0.5) is 9.59 Å². The Morgan fingerprint density at radius 3 is 1.55 bits per heavy atom. The number of hydrogen-bond acceptors (Lipinski definition) is 10. The highest BCUT2D eigenvalue weighted by Crippen LogP contribution is 2.50. The van der Waals surface area contributed by atoms with E-state index < -0.39 is 32.1 Å². The molecule has 0 fully saturated rings. The smallest absolute Gasteiger partial charge is 0.477 e. The highest BCUT2D eigenvalue weighted by atomic mass is 31.2. The second-order valence-electron chi connectivity index (χ2n) is 11.0. The van der Waals surface area contributed by atoms with Gasteiger partial charge in [-0.2, -0.15) is 0 Å². The molecular weight excluding hydrogens is 657 g/mol. The van der Waals surface area contributed by atoms with E-state index >= 15 is 0 Å². The van der Waals surface area contributed by atoms with Crippen LogP contribution in [0.15, 0.2) is 65.4 Å². The van der Waals surface area contributed by atoms with Crippen LogP contribution in [0.1, 0.15) is 57.6 Å². The Bertz CT molecular complexity index is 1270. The molecule has 49 heavy (non-hydrogen) atoms. The summed E-state index contributed by atoms with van der Waals surface area (Å²) in [6, 6.07) is 18.1. The molecule has 1 atom stereocenters. The second kappa shape index (κ2) is 22.6. The first kappa shape index (κ1) is 41.2. The number of carboxylic acid groups (broad SMARTS) is 1. The molecule has 3 N–H and O–H groups in total. The maximum Gasteiger partial charge on any atom is 0.508 e. The van der Waals surface area contributed by atoms with Crippen molar-refractivity contribution in [2.75, 3.05) is 52.7 Å². The van der Waals surface area contributed by atoms with E-state index in [1.807, 2.05) is 67.6 Å². The maximum absolute atomic E-state index is 13.9. The number of carboxylic acids is 1. The summed E-state index contributed by atoms with van der Waals surface area (Å²) in [5.41, 5.74) is 8.43. The molecule has 2 aromatic rings. The molecule has 2 aromatic carbocycles. The highest BCUT2D eigenvalue weighted by Gasteiger charge is 2.44. The minimum Gasteiger partial charge on any atom is -0.477 e. The normalized spacial score (nSPS) is 12.6. The van der Waals surface area contributed by atoms with Crippen LogP contribution in [0.25, 0.3) is 0 Å². The van der Waals surface area contributed by atoms with Gasteiger partial charge in [-0.15, -0.1) is 4.76 Å². The lowest BCUT2D eigenvalue weighted by Crippen LogP contribution is -2.64. The van der Waals surface area contributed by atoms with Gasteiger partial charge in [0, 0.05) is 32.1 Å². The van der Waals surface area contributed by atoms with Crippen LogP contribution >= 0.6 is 7.75 Å². The minimum absolute atomic E-state index is 0.0922. The quantitative estimate of drug-likeness (QED) is 0.0337. The van der Waals surface area contributed by atoms with Gasteiger partial charge in [-0.3, -0.25) is 9.05 Å². The predicted molar refractivity (Wildman–Crippen MR) is 183 cm³/mol. The molecule has 0 radical (unpaired) electrons. The zero-order valence-corrected chi connectivity index (χ0v) is 29.6. The number of aliphatic carboxylic acids is 1. The van der Waals surface area contributed by atoms with Gasteiger partial charge in [0.05, 0.1) is 52.7 Å². The zero-order valence-electron chi connectivity index (χ0n) is 28.7. The summed E-state index contributed by atoms with van der Waals surface area (Å²) in [4.78, 5) is 36.2. The number of rotatable bonds is 23. The number of quaternary nitrogens is 1. The number of guanidine groups is 1. The van der Waals surface area contributed by atoms with Crippen molar-refractivity contribution in [2.45, 2.75) is 65.3 Å². The van der Waals surface area contributed by atoms with Crippen molar-refractivity contribution in [2.24, 2.45) is 10.5 Å². The number of benzene rings is 2. The zero-order chi connectivity index (χ0) is 36.0. The third kappa shape index (κ3) is 15.0. The molecule has 0 aliphatic rings. The Morgan fingerprint density at radius 1 is 0.735 bits per heavy atom. The molecule has 2 rings (SSSR count). The fourth-order valence-corrected chi connectivity index (χ4v) is 6.32. The third-order valence-corrected chi connectivity index (χ3v) is 9.15. The molecule has 0 aromatic heterocycles. The lowest BCUT2D eigenvalue weighted by molar-refractivity contribution is -0.857. The van der Waals surface area contributed by atoms with Gasteiger partial charge in [0.2, 0.25) is 0 Å². The topological polar surface area (TPSA) is 182 Å². The molecule has 0 bridgehead atoms. The molecule has 0 saturated carbocycles. The van der Waals surface area contributed by atoms with E-state index in [9.17, 15) is 24.1 Å². The van der Waals surface area contributed by atoms with E-state index in [1.54, 1.807) is 13.8 Å². The first-order chi connectivity index (χ1) is 23.6. The van der Waals surface area contributed by atoms with E-state index in [2.05, 4.69) is 4.76 Å². The van der Waals surface area contributed by atoms with Crippen LogP contribution in [0.2, 0.25) is 0 Å². The van der Waals surface area contributed by atoms with Crippen LogP contribution in [0.5, 0.6) is 0 Å². The first-order valence-corrected chi connectivity index (χ1v) is 18.1. The van der Waals surface area contributed by atoms with Crippen LogP contribution < -0.4 is 5.73 Å².